The first-order valence-corrected chi connectivity index (χ1v) is 13.3. The maximum atomic E-state index is 12.9. The van der Waals surface area contributed by atoms with Gasteiger partial charge in [-0.1, -0.05) is 41.3 Å². The molecule has 3 aromatic carbocycles. The molecule has 14 heteroatoms. The van der Waals surface area contributed by atoms with E-state index in [2.05, 4.69) is 31.2 Å². The minimum atomic E-state index is -4.53. The molecule has 1 heterocycles. The number of amides is 2. The number of nitrogens with one attached hydrogen (secondary N) is 5. The number of alkyl halides is 3. The van der Waals surface area contributed by atoms with Gasteiger partial charge < -0.3 is 35.4 Å². The second kappa shape index (κ2) is 12.7. The van der Waals surface area contributed by atoms with Gasteiger partial charge in [-0.05, 0) is 48.9 Å². The van der Waals surface area contributed by atoms with Crippen LogP contribution in [0.1, 0.15) is 12.5 Å². The van der Waals surface area contributed by atoms with Crippen LogP contribution in [0.5, 0.6) is 0 Å². The van der Waals surface area contributed by atoms with Gasteiger partial charge in [0.1, 0.15) is 5.82 Å². The standard InChI is InChI=1S/C27H25F3N7O3S/c1-16(15-38)33-24-23(14-32-25(37-24)34-21-6-3-7-22(13-21)41(31)40)17-8-10-19(11-9-17)35-26(39)36-20-5-2-4-18(12-20)27(28,29)30/h2-14,16,31,38H,15H2,1H3,(H2,35,36,39)(H2,32,33,34,37)/q-1. The van der Waals surface area contributed by atoms with Gasteiger partial charge in [-0.2, -0.15) is 28.8 Å². The molecule has 1 atom stereocenters. The molecule has 0 aliphatic carbocycles. The minimum Gasteiger partial charge on any atom is -0.440 e. The zero-order valence-corrected chi connectivity index (χ0v) is 22.3. The molecule has 4 aromatic rings. The molecule has 0 saturated carbocycles. The van der Waals surface area contributed by atoms with E-state index in [1.54, 1.807) is 61.7 Å². The van der Waals surface area contributed by atoms with Crippen LogP contribution in [0.4, 0.5) is 46.8 Å². The third-order valence-electron chi connectivity index (χ3n) is 5.65. The van der Waals surface area contributed by atoms with Crippen molar-refractivity contribution in [1.29, 1.82) is 4.78 Å². The molecule has 0 spiro atoms. The van der Waals surface area contributed by atoms with Crippen molar-refractivity contribution < 1.29 is 27.3 Å². The van der Waals surface area contributed by atoms with Crippen LogP contribution in [0.3, 0.4) is 0 Å². The number of aliphatic hydroxyl groups excluding tert-OH is 1. The lowest BCUT2D eigenvalue weighted by atomic mass is 10.1. The van der Waals surface area contributed by atoms with Crippen molar-refractivity contribution in [2.75, 3.05) is 27.9 Å². The SMILES string of the molecule is CC(CO)Nc1nc(Nc2cccc([S-](=N)=O)c2)ncc1-c1ccc(NC(=O)Nc2cccc(C(F)(F)F)c2)cc1. The van der Waals surface area contributed by atoms with E-state index in [1.165, 1.54) is 12.1 Å². The molecule has 2 amide bonds. The highest BCUT2D eigenvalue weighted by atomic mass is 32.2. The quantitative estimate of drug-likeness (QED) is 0.124. The molecular formula is C27H25F3N7O3S-. The third-order valence-corrected chi connectivity index (χ3v) is 6.33. The summed E-state index contributed by atoms with van der Waals surface area (Å²) in [5.74, 6) is 0.631. The second-order valence-electron chi connectivity index (χ2n) is 8.84. The van der Waals surface area contributed by atoms with Gasteiger partial charge in [0, 0.05) is 34.9 Å². The van der Waals surface area contributed by atoms with Gasteiger partial charge in [0.2, 0.25) is 5.95 Å². The Balaban J connectivity index is 1.51. The number of hydrogen-bond donors (Lipinski definition) is 6. The van der Waals surface area contributed by atoms with E-state index in [-0.39, 0.29) is 24.3 Å². The Morgan fingerprint density at radius 2 is 1.68 bits per heavy atom. The van der Waals surface area contributed by atoms with Crippen LogP contribution in [0.2, 0.25) is 0 Å². The van der Waals surface area contributed by atoms with Crippen LogP contribution < -0.4 is 21.3 Å². The predicted molar refractivity (Wildman–Crippen MR) is 150 cm³/mol. The molecule has 0 bridgehead atoms. The van der Waals surface area contributed by atoms with Crippen molar-refractivity contribution in [3.8, 4) is 11.1 Å². The summed E-state index contributed by atoms with van der Waals surface area (Å²) in [4.78, 5) is 21.6. The fraction of sp³-hybridized carbons (Fsp3) is 0.148. The maximum absolute atomic E-state index is 12.9. The maximum Gasteiger partial charge on any atom is 0.416 e. The zero-order valence-electron chi connectivity index (χ0n) is 21.5. The van der Waals surface area contributed by atoms with E-state index in [4.69, 9.17) is 4.78 Å². The van der Waals surface area contributed by atoms with E-state index in [1.807, 2.05) is 0 Å². The summed E-state index contributed by atoms with van der Waals surface area (Å²) in [6.07, 6.45) is -2.96. The second-order valence-corrected chi connectivity index (χ2v) is 9.85. The summed E-state index contributed by atoms with van der Waals surface area (Å²) < 4.78 is 57.7. The summed E-state index contributed by atoms with van der Waals surface area (Å²) in [6.45, 7) is 1.61. The van der Waals surface area contributed by atoms with Gasteiger partial charge in [-0.15, -0.1) is 0 Å². The predicted octanol–water partition coefficient (Wildman–Crippen LogP) is 6.43. The van der Waals surface area contributed by atoms with Crippen LogP contribution in [-0.2, 0) is 21.0 Å². The zero-order chi connectivity index (χ0) is 29.6. The number of hydrogen-bond acceptors (Lipinski definition) is 9. The number of aliphatic hydroxyl groups is 1. The topological polar surface area (TPSA) is 152 Å². The largest absolute Gasteiger partial charge is 0.440 e. The van der Waals surface area contributed by atoms with E-state index >= 15 is 0 Å². The molecule has 0 aliphatic rings. The number of carbonyl (C=O) groups excluding carboxylic acids is 1. The van der Waals surface area contributed by atoms with Gasteiger partial charge in [0.15, 0.2) is 0 Å². The van der Waals surface area contributed by atoms with Gasteiger partial charge in [0.05, 0.1) is 12.2 Å². The molecule has 0 saturated heterocycles. The monoisotopic (exact) mass is 584 g/mol. The van der Waals surface area contributed by atoms with Crippen molar-refractivity contribution in [2.45, 2.75) is 24.0 Å². The highest BCUT2D eigenvalue weighted by Crippen LogP contribution is 2.31. The van der Waals surface area contributed by atoms with E-state index in [9.17, 15) is 27.3 Å². The lowest BCUT2D eigenvalue weighted by Crippen LogP contribution is -2.21. The Hall–Kier alpha value is -4.69. The summed E-state index contributed by atoms with van der Waals surface area (Å²) in [7, 11) is -1.90. The summed E-state index contributed by atoms with van der Waals surface area (Å²) in [5, 5.41) is 20.7. The Morgan fingerprint density at radius 1 is 1.00 bits per heavy atom. The normalized spacial score (nSPS) is 12.0. The van der Waals surface area contributed by atoms with Crippen LogP contribution in [-0.4, -0.2) is 33.8 Å². The summed E-state index contributed by atoms with van der Waals surface area (Å²) in [5.41, 5.74) is 1.32. The van der Waals surface area contributed by atoms with Crippen LogP contribution >= 0.6 is 0 Å². The molecule has 6 N–H and O–H groups in total. The first-order chi connectivity index (χ1) is 19.5. The molecular weight excluding hydrogens is 559 g/mol. The van der Waals surface area contributed by atoms with E-state index in [0.717, 1.165) is 12.1 Å². The first kappa shape index (κ1) is 29.3. The lowest BCUT2D eigenvalue weighted by Gasteiger charge is -2.17. The highest BCUT2D eigenvalue weighted by Gasteiger charge is 2.30. The van der Waals surface area contributed by atoms with Gasteiger partial charge in [-0.3, -0.25) is 0 Å². The van der Waals surface area contributed by atoms with Gasteiger partial charge in [-0.25, -0.2) is 9.78 Å². The van der Waals surface area contributed by atoms with Crippen molar-refractivity contribution >= 4 is 45.5 Å². The Morgan fingerprint density at radius 3 is 2.37 bits per heavy atom. The molecule has 214 valence electrons. The Bertz CT molecular complexity index is 1600. The minimum absolute atomic E-state index is 0.00630. The number of carbonyl (C=O) groups is 1. The Labute approximate surface area is 235 Å². The number of urea groups is 1. The molecule has 1 aromatic heterocycles. The third kappa shape index (κ3) is 7.93. The van der Waals surface area contributed by atoms with Gasteiger partial charge in [0.25, 0.3) is 0 Å². The fourth-order valence-corrected chi connectivity index (χ4v) is 4.10. The Kier molecular flexibility index (Phi) is 9.04. The average molecular weight is 585 g/mol. The fourth-order valence-electron chi connectivity index (χ4n) is 3.66. The number of rotatable bonds is 9. The van der Waals surface area contributed by atoms with Crippen LogP contribution in [0, 0.1) is 4.78 Å². The smallest absolute Gasteiger partial charge is 0.416 e. The number of benzene rings is 3. The molecule has 4 rings (SSSR count). The highest BCUT2D eigenvalue weighted by molar-refractivity contribution is 7.73. The number of aromatic nitrogens is 2. The molecule has 10 nitrogen and oxygen atoms in total. The van der Waals surface area contributed by atoms with Gasteiger partial charge >= 0.3 is 12.2 Å². The number of halogens is 3. The molecule has 41 heavy (non-hydrogen) atoms. The summed E-state index contributed by atoms with van der Waals surface area (Å²) >= 11 is 0. The first-order valence-electron chi connectivity index (χ1n) is 12.1. The number of nitrogens with zero attached hydrogens (tertiary/aromatic N) is 2. The van der Waals surface area contributed by atoms with E-state index < -0.39 is 28.4 Å². The van der Waals surface area contributed by atoms with Crippen LogP contribution in [0.15, 0.2) is 83.9 Å². The van der Waals surface area contributed by atoms with E-state index in [0.29, 0.717) is 33.2 Å². The molecule has 0 fully saturated rings. The molecule has 0 aliphatic heterocycles. The van der Waals surface area contributed by atoms with Crippen molar-refractivity contribution in [2.24, 2.45) is 0 Å². The average Bonchev–Trinajstić information content (AvgIpc) is 2.93. The number of anilines is 5. The molecule has 1 unspecified atom stereocenters. The van der Waals surface area contributed by atoms with Crippen LogP contribution in [0.25, 0.3) is 11.1 Å². The molecule has 0 radical (unpaired) electrons. The van der Waals surface area contributed by atoms with Crippen molar-refractivity contribution in [3.63, 3.8) is 0 Å². The lowest BCUT2D eigenvalue weighted by molar-refractivity contribution is -0.137. The van der Waals surface area contributed by atoms with Crippen molar-refractivity contribution in [1.82, 2.24) is 9.97 Å². The van der Waals surface area contributed by atoms with Crippen molar-refractivity contribution in [3.05, 3.63) is 84.6 Å². The summed E-state index contributed by atoms with van der Waals surface area (Å²) in [6, 6.07) is 16.4.